The molecule has 0 fully saturated rings. The van der Waals surface area contributed by atoms with Crippen molar-refractivity contribution in [1.82, 2.24) is 9.55 Å². The fourth-order valence-electron chi connectivity index (χ4n) is 2.56. The monoisotopic (exact) mass is 285 g/mol. The topological polar surface area (TPSA) is 60.9 Å². The van der Waals surface area contributed by atoms with Gasteiger partial charge < -0.3 is 5.73 Å². The Morgan fingerprint density at radius 3 is 2.24 bits per heavy atom. The third-order valence-electron chi connectivity index (χ3n) is 4.58. The smallest absolute Gasteiger partial charge is 0.258 e. The Balaban J connectivity index is 2.59. The Labute approximate surface area is 125 Å². The molecular formula is C17H23N3O. The molecular weight excluding hydrogens is 262 g/mol. The molecule has 0 unspecified atom stereocenters. The van der Waals surface area contributed by atoms with Crippen LogP contribution in [0.4, 0.5) is 5.95 Å². The molecule has 0 aliphatic carbocycles. The number of nitrogen functional groups attached to an aromatic ring is 1. The number of benzene rings is 1. The van der Waals surface area contributed by atoms with Crippen LogP contribution in [0.2, 0.25) is 0 Å². The predicted molar refractivity (Wildman–Crippen MR) is 86.9 cm³/mol. The van der Waals surface area contributed by atoms with Crippen molar-refractivity contribution in [3.05, 3.63) is 55.5 Å². The van der Waals surface area contributed by atoms with Gasteiger partial charge in [-0.15, -0.1) is 0 Å². The molecule has 0 aliphatic rings. The summed E-state index contributed by atoms with van der Waals surface area (Å²) in [5.41, 5.74) is 13.4. The van der Waals surface area contributed by atoms with Crippen LogP contribution in [0.25, 0.3) is 0 Å². The molecule has 0 amide bonds. The van der Waals surface area contributed by atoms with Crippen molar-refractivity contribution in [3.8, 4) is 0 Å². The van der Waals surface area contributed by atoms with Crippen LogP contribution in [0.5, 0.6) is 0 Å². The molecule has 1 aromatic carbocycles. The van der Waals surface area contributed by atoms with Gasteiger partial charge in [-0.3, -0.25) is 9.36 Å². The van der Waals surface area contributed by atoms with Crippen LogP contribution < -0.4 is 11.3 Å². The number of nitrogens with zero attached hydrogens (tertiary/aromatic N) is 2. The Kier molecular flexibility index (Phi) is 3.90. The van der Waals surface area contributed by atoms with Crippen molar-refractivity contribution < 1.29 is 0 Å². The van der Waals surface area contributed by atoms with E-state index in [-0.39, 0.29) is 11.5 Å². The van der Waals surface area contributed by atoms with Gasteiger partial charge in [-0.1, -0.05) is 6.07 Å². The van der Waals surface area contributed by atoms with E-state index in [1.54, 1.807) is 11.5 Å². The van der Waals surface area contributed by atoms with E-state index in [1.165, 1.54) is 22.3 Å². The first-order valence-electron chi connectivity index (χ1n) is 7.13. The van der Waals surface area contributed by atoms with E-state index < -0.39 is 0 Å². The molecule has 1 heterocycles. The molecule has 0 spiro atoms. The van der Waals surface area contributed by atoms with Crippen LogP contribution in [0.15, 0.2) is 10.9 Å². The first kappa shape index (κ1) is 15.3. The fourth-order valence-corrected chi connectivity index (χ4v) is 2.56. The molecule has 0 saturated carbocycles. The lowest BCUT2D eigenvalue weighted by Crippen LogP contribution is -2.28. The number of aromatic nitrogens is 2. The van der Waals surface area contributed by atoms with Gasteiger partial charge in [0, 0.05) is 11.3 Å². The molecule has 21 heavy (non-hydrogen) atoms. The Morgan fingerprint density at radius 1 is 1.00 bits per heavy atom. The number of aryl methyl sites for hydroxylation is 2. The quantitative estimate of drug-likeness (QED) is 0.923. The van der Waals surface area contributed by atoms with E-state index in [0.717, 1.165) is 5.56 Å². The minimum absolute atomic E-state index is 0.0599. The lowest BCUT2D eigenvalue weighted by atomic mass is 9.94. The standard InChI is InChI=1S/C17H23N3O/c1-9-7-15(12(4)11(3)10(9)2)8-20-16(21)13(5)14(6)19-17(20)18/h7H,8H2,1-6H3,(H2,18,19). The summed E-state index contributed by atoms with van der Waals surface area (Å²) in [6.45, 7) is 12.5. The van der Waals surface area contributed by atoms with Gasteiger partial charge >= 0.3 is 0 Å². The molecule has 2 rings (SSSR count). The number of nitrogens with two attached hydrogens (primary N) is 1. The summed E-state index contributed by atoms with van der Waals surface area (Å²) in [5, 5.41) is 0. The highest BCUT2D eigenvalue weighted by Crippen LogP contribution is 2.22. The maximum Gasteiger partial charge on any atom is 0.258 e. The average molecular weight is 285 g/mol. The Bertz CT molecular complexity index is 773. The SMILES string of the molecule is Cc1cc(Cn2c(N)nc(C)c(C)c2=O)c(C)c(C)c1C. The Morgan fingerprint density at radius 2 is 1.62 bits per heavy atom. The van der Waals surface area contributed by atoms with E-state index in [4.69, 9.17) is 5.73 Å². The third kappa shape index (κ3) is 2.58. The minimum atomic E-state index is -0.0599. The van der Waals surface area contributed by atoms with Gasteiger partial charge in [-0.05, 0) is 69.4 Å². The van der Waals surface area contributed by atoms with E-state index in [9.17, 15) is 4.79 Å². The van der Waals surface area contributed by atoms with Crippen molar-refractivity contribution in [2.45, 2.75) is 48.1 Å². The highest BCUT2D eigenvalue weighted by Gasteiger charge is 2.12. The van der Waals surface area contributed by atoms with Crippen molar-refractivity contribution in [1.29, 1.82) is 0 Å². The number of hydrogen-bond donors (Lipinski definition) is 1. The van der Waals surface area contributed by atoms with Gasteiger partial charge in [0.25, 0.3) is 5.56 Å². The van der Waals surface area contributed by atoms with Gasteiger partial charge in [-0.25, -0.2) is 4.98 Å². The van der Waals surface area contributed by atoms with E-state index in [1.807, 2.05) is 6.92 Å². The lowest BCUT2D eigenvalue weighted by Gasteiger charge is -2.17. The number of rotatable bonds is 2. The average Bonchev–Trinajstić information content (AvgIpc) is 2.44. The molecule has 2 aromatic rings. The van der Waals surface area contributed by atoms with Gasteiger partial charge in [-0.2, -0.15) is 0 Å². The summed E-state index contributed by atoms with van der Waals surface area (Å²) in [6.07, 6.45) is 0. The maximum atomic E-state index is 12.4. The van der Waals surface area contributed by atoms with Crippen molar-refractivity contribution in [2.24, 2.45) is 0 Å². The number of anilines is 1. The highest BCUT2D eigenvalue weighted by molar-refractivity contribution is 5.44. The van der Waals surface area contributed by atoms with Crippen LogP contribution in [-0.4, -0.2) is 9.55 Å². The van der Waals surface area contributed by atoms with E-state index in [0.29, 0.717) is 17.8 Å². The normalized spacial score (nSPS) is 11.0. The van der Waals surface area contributed by atoms with Crippen LogP contribution in [0, 0.1) is 41.5 Å². The maximum absolute atomic E-state index is 12.4. The summed E-state index contributed by atoms with van der Waals surface area (Å²) in [5.74, 6) is 0.276. The zero-order chi connectivity index (χ0) is 15.9. The van der Waals surface area contributed by atoms with Crippen LogP contribution >= 0.6 is 0 Å². The molecule has 0 atom stereocenters. The van der Waals surface area contributed by atoms with Crippen LogP contribution in [0.1, 0.15) is 39.1 Å². The number of hydrogen-bond acceptors (Lipinski definition) is 3. The zero-order valence-corrected chi connectivity index (χ0v) is 13.7. The second-order valence-electron chi connectivity index (χ2n) is 5.80. The highest BCUT2D eigenvalue weighted by atomic mass is 16.1. The second-order valence-corrected chi connectivity index (χ2v) is 5.80. The van der Waals surface area contributed by atoms with Gasteiger partial charge in [0.2, 0.25) is 5.95 Å². The molecule has 4 nitrogen and oxygen atoms in total. The predicted octanol–water partition coefficient (Wildman–Crippen LogP) is 2.72. The van der Waals surface area contributed by atoms with Crippen molar-refractivity contribution >= 4 is 5.95 Å². The van der Waals surface area contributed by atoms with E-state index >= 15 is 0 Å². The lowest BCUT2D eigenvalue weighted by molar-refractivity contribution is 0.732. The van der Waals surface area contributed by atoms with Gasteiger partial charge in [0.05, 0.1) is 6.54 Å². The minimum Gasteiger partial charge on any atom is -0.369 e. The molecule has 0 bridgehead atoms. The molecule has 112 valence electrons. The van der Waals surface area contributed by atoms with Gasteiger partial charge in [0.1, 0.15) is 0 Å². The molecule has 0 saturated heterocycles. The molecule has 0 radical (unpaired) electrons. The summed E-state index contributed by atoms with van der Waals surface area (Å²) >= 11 is 0. The molecule has 0 aliphatic heterocycles. The van der Waals surface area contributed by atoms with Gasteiger partial charge in [0.15, 0.2) is 0 Å². The summed E-state index contributed by atoms with van der Waals surface area (Å²) in [7, 11) is 0. The van der Waals surface area contributed by atoms with Crippen LogP contribution in [0.3, 0.4) is 0 Å². The molecule has 4 heteroatoms. The summed E-state index contributed by atoms with van der Waals surface area (Å²) in [4.78, 5) is 16.7. The molecule has 2 N–H and O–H groups in total. The Hall–Kier alpha value is -2.10. The second kappa shape index (κ2) is 5.35. The summed E-state index contributed by atoms with van der Waals surface area (Å²) < 4.78 is 1.55. The first-order valence-corrected chi connectivity index (χ1v) is 7.13. The van der Waals surface area contributed by atoms with Crippen molar-refractivity contribution in [3.63, 3.8) is 0 Å². The zero-order valence-electron chi connectivity index (χ0n) is 13.7. The van der Waals surface area contributed by atoms with Crippen molar-refractivity contribution in [2.75, 3.05) is 5.73 Å². The van der Waals surface area contributed by atoms with E-state index in [2.05, 4.69) is 38.7 Å². The largest absolute Gasteiger partial charge is 0.369 e. The molecule has 1 aromatic heterocycles. The van der Waals surface area contributed by atoms with Crippen LogP contribution in [-0.2, 0) is 6.54 Å². The fraction of sp³-hybridized carbons (Fsp3) is 0.412. The first-order chi connectivity index (χ1) is 9.73. The summed E-state index contributed by atoms with van der Waals surface area (Å²) in [6, 6.07) is 2.14. The third-order valence-corrected chi connectivity index (χ3v) is 4.58.